The molecule has 0 N–H and O–H groups in total. The Balaban J connectivity index is 2.09. The third-order valence-electron chi connectivity index (χ3n) is 3.67. The fourth-order valence-electron chi connectivity index (χ4n) is 2.76. The molecule has 20 heavy (non-hydrogen) atoms. The zero-order valence-electron chi connectivity index (χ0n) is 11.9. The Kier molecular flexibility index (Phi) is 4.96. The molecule has 1 atom stereocenters. The van der Waals surface area contributed by atoms with Gasteiger partial charge in [-0.3, -0.25) is 15.0 Å². The highest BCUT2D eigenvalue weighted by molar-refractivity contribution is 6.32. The van der Waals surface area contributed by atoms with Crippen LogP contribution >= 0.6 is 11.6 Å². The number of likely N-dealkylation sites (N-methyl/N-ethyl adjacent to an activating group) is 1. The van der Waals surface area contributed by atoms with Crippen molar-refractivity contribution in [1.82, 2.24) is 9.80 Å². The van der Waals surface area contributed by atoms with E-state index < -0.39 is 4.92 Å². The minimum Gasteiger partial charge on any atom is -0.308 e. The zero-order chi connectivity index (χ0) is 14.7. The number of hydrogen-bond donors (Lipinski definition) is 0. The van der Waals surface area contributed by atoms with Crippen molar-refractivity contribution >= 4 is 17.3 Å². The number of nitrogens with zero attached hydrogens (tertiary/aromatic N) is 3. The molecule has 1 aromatic carbocycles. The predicted octanol–water partition coefficient (Wildman–Crippen LogP) is 2.77. The lowest BCUT2D eigenvalue weighted by Gasteiger charge is -2.27. The topological polar surface area (TPSA) is 49.6 Å². The molecule has 5 nitrogen and oxygen atoms in total. The van der Waals surface area contributed by atoms with Gasteiger partial charge >= 0.3 is 0 Å². The average molecular weight is 298 g/mol. The molecule has 6 heteroatoms. The van der Waals surface area contributed by atoms with Crippen molar-refractivity contribution in [1.29, 1.82) is 0 Å². The monoisotopic (exact) mass is 297 g/mol. The average Bonchev–Trinajstić information content (AvgIpc) is 2.78. The first-order valence-electron chi connectivity index (χ1n) is 6.79. The molecule has 2 rings (SSSR count). The van der Waals surface area contributed by atoms with Crippen LogP contribution in [0.1, 0.15) is 18.4 Å². The van der Waals surface area contributed by atoms with Gasteiger partial charge in [-0.25, -0.2) is 0 Å². The van der Waals surface area contributed by atoms with Gasteiger partial charge in [0.1, 0.15) is 5.02 Å². The molecule has 0 radical (unpaired) electrons. The third kappa shape index (κ3) is 3.69. The van der Waals surface area contributed by atoms with Gasteiger partial charge in [-0.2, -0.15) is 0 Å². The molecular formula is C14H20ClN3O2. The van der Waals surface area contributed by atoms with E-state index in [1.807, 2.05) is 6.07 Å². The van der Waals surface area contributed by atoms with E-state index in [-0.39, 0.29) is 10.7 Å². The summed E-state index contributed by atoms with van der Waals surface area (Å²) in [5.74, 6) is 0. The van der Waals surface area contributed by atoms with Crippen molar-refractivity contribution in [3.63, 3.8) is 0 Å². The second kappa shape index (κ2) is 6.52. The van der Waals surface area contributed by atoms with Gasteiger partial charge in [0.05, 0.1) is 4.92 Å². The summed E-state index contributed by atoms with van der Waals surface area (Å²) in [6.45, 7) is 2.82. The molecule has 1 aliphatic heterocycles. The highest BCUT2D eigenvalue weighted by Crippen LogP contribution is 2.27. The Hall–Kier alpha value is -1.17. The lowest BCUT2D eigenvalue weighted by molar-refractivity contribution is -0.384. The summed E-state index contributed by atoms with van der Waals surface area (Å²) in [6, 6.07) is 5.61. The van der Waals surface area contributed by atoms with Crippen LogP contribution in [0.2, 0.25) is 5.02 Å². The molecule has 0 bridgehead atoms. The van der Waals surface area contributed by atoms with Crippen molar-refractivity contribution in [2.45, 2.75) is 25.4 Å². The van der Waals surface area contributed by atoms with Gasteiger partial charge in [-0.05, 0) is 45.1 Å². The Bertz CT molecular complexity index is 493. The normalized spacial score (nSPS) is 19.7. The third-order valence-corrected chi connectivity index (χ3v) is 3.99. The van der Waals surface area contributed by atoms with Gasteiger partial charge in [0.25, 0.3) is 5.69 Å². The number of hydrogen-bond acceptors (Lipinski definition) is 4. The summed E-state index contributed by atoms with van der Waals surface area (Å²) in [5.41, 5.74) is 0.944. The molecule has 0 aromatic heterocycles. The van der Waals surface area contributed by atoms with Crippen LogP contribution in [0.4, 0.5) is 5.69 Å². The molecule has 0 aliphatic carbocycles. The first kappa shape index (κ1) is 15.2. The lowest BCUT2D eigenvalue weighted by Crippen LogP contribution is -2.37. The van der Waals surface area contributed by atoms with Crippen molar-refractivity contribution < 1.29 is 4.92 Å². The summed E-state index contributed by atoms with van der Waals surface area (Å²) in [5, 5.41) is 11.1. The maximum Gasteiger partial charge on any atom is 0.288 e. The number of halogens is 1. The molecule has 1 heterocycles. The molecule has 1 aliphatic rings. The lowest BCUT2D eigenvalue weighted by atomic mass is 10.1. The van der Waals surface area contributed by atoms with Crippen molar-refractivity contribution in [2.24, 2.45) is 0 Å². The first-order chi connectivity index (χ1) is 9.47. The van der Waals surface area contributed by atoms with Crippen LogP contribution < -0.4 is 0 Å². The highest BCUT2D eigenvalue weighted by Gasteiger charge is 2.25. The number of rotatable bonds is 5. The van der Waals surface area contributed by atoms with E-state index in [0.717, 1.165) is 25.2 Å². The summed E-state index contributed by atoms with van der Waals surface area (Å²) >= 11 is 5.84. The Labute approximate surface area is 124 Å². The molecule has 110 valence electrons. The maximum absolute atomic E-state index is 10.9. The van der Waals surface area contributed by atoms with Crippen LogP contribution in [-0.2, 0) is 6.54 Å². The van der Waals surface area contributed by atoms with Crippen molar-refractivity contribution in [3.05, 3.63) is 38.9 Å². The summed E-state index contributed by atoms with van der Waals surface area (Å²) < 4.78 is 0. The van der Waals surface area contributed by atoms with Crippen molar-refractivity contribution in [2.75, 3.05) is 27.2 Å². The minimum absolute atomic E-state index is 0.00692. The van der Waals surface area contributed by atoms with Crippen LogP contribution in [0.25, 0.3) is 0 Å². The molecule has 0 saturated carbocycles. The summed E-state index contributed by atoms with van der Waals surface area (Å²) in [4.78, 5) is 15.1. The second-order valence-corrected chi connectivity index (χ2v) is 5.98. The Morgan fingerprint density at radius 3 is 2.90 bits per heavy atom. The van der Waals surface area contributed by atoms with E-state index in [4.69, 9.17) is 11.6 Å². The molecule has 1 fully saturated rings. The molecule has 1 saturated heterocycles. The number of benzene rings is 1. The molecule has 0 spiro atoms. The van der Waals surface area contributed by atoms with E-state index >= 15 is 0 Å². The number of likely N-dealkylation sites (tertiary alicyclic amines) is 1. The van der Waals surface area contributed by atoms with Crippen LogP contribution in [0.5, 0.6) is 0 Å². The summed E-state index contributed by atoms with van der Waals surface area (Å²) in [6.07, 6.45) is 2.38. The smallest absolute Gasteiger partial charge is 0.288 e. The number of nitro groups is 1. The van der Waals surface area contributed by atoms with Gasteiger partial charge in [0.2, 0.25) is 0 Å². The molecule has 1 unspecified atom stereocenters. The van der Waals surface area contributed by atoms with Crippen LogP contribution in [0.15, 0.2) is 18.2 Å². The van der Waals surface area contributed by atoms with E-state index in [9.17, 15) is 10.1 Å². The second-order valence-electron chi connectivity index (χ2n) is 5.57. The van der Waals surface area contributed by atoms with Gasteiger partial charge < -0.3 is 4.90 Å². The van der Waals surface area contributed by atoms with Gasteiger partial charge in [-0.15, -0.1) is 0 Å². The number of nitro benzene ring substituents is 1. The first-order valence-corrected chi connectivity index (χ1v) is 7.17. The van der Waals surface area contributed by atoms with Gasteiger partial charge in [0, 0.05) is 25.2 Å². The fourth-order valence-corrected chi connectivity index (χ4v) is 2.95. The Morgan fingerprint density at radius 2 is 2.25 bits per heavy atom. The van der Waals surface area contributed by atoms with Crippen LogP contribution in [0.3, 0.4) is 0 Å². The van der Waals surface area contributed by atoms with Crippen LogP contribution in [-0.4, -0.2) is 47.9 Å². The minimum atomic E-state index is -0.423. The largest absolute Gasteiger partial charge is 0.308 e. The standard InChI is InChI=1S/C14H20ClN3O2/c1-16(2)10-12-4-3-7-17(12)9-11-5-6-13(15)14(8-11)18(19)20/h5-6,8,12H,3-4,7,9-10H2,1-2H3. The Morgan fingerprint density at radius 1 is 1.50 bits per heavy atom. The van der Waals surface area contributed by atoms with E-state index in [0.29, 0.717) is 6.04 Å². The van der Waals surface area contributed by atoms with Crippen LogP contribution in [0, 0.1) is 10.1 Å². The predicted molar refractivity (Wildman–Crippen MR) is 80.1 cm³/mol. The fraction of sp³-hybridized carbons (Fsp3) is 0.571. The van der Waals surface area contributed by atoms with Crippen molar-refractivity contribution in [3.8, 4) is 0 Å². The highest BCUT2D eigenvalue weighted by atomic mass is 35.5. The molecular weight excluding hydrogens is 278 g/mol. The van der Waals surface area contributed by atoms with Gasteiger partial charge in [0.15, 0.2) is 0 Å². The summed E-state index contributed by atoms with van der Waals surface area (Å²) in [7, 11) is 4.15. The van der Waals surface area contributed by atoms with E-state index in [2.05, 4.69) is 23.9 Å². The van der Waals surface area contributed by atoms with E-state index in [1.165, 1.54) is 12.8 Å². The SMILES string of the molecule is CN(C)CC1CCCN1Cc1ccc(Cl)c([N+](=O)[O-])c1. The van der Waals surface area contributed by atoms with E-state index in [1.54, 1.807) is 12.1 Å². The zero-order valence-corrected chi connectivity index (χ0v) is 12.6. The maximum atomic E-state index is 10.9. The quantitative estimate of drug-likeness (QED) is 0.619. The van der Waals surface area contributed by atoms with Gasteiger partial charge in [-0.1, -0.05) is 17.7 Å². The molecule has 1 aromatic rings. The molecule has 0 amide bonds.